The molecule has 4 rings (SSSR count). The third kappa shape index (κ3) is 2.81. The van der Waals surface area contributed by atoms with E-state index >= 15 is 0 Å². The molecule has 0 spiro atoms. The Balaban J connectivity index is 1.52. The van der Waals surface area contributed by atoms with Crippen molar-refractivity contribution in [2.45, 2.75) is 6.92 Å². The molecule has 124 valence electrons. The fraction of sp³-hybridized carbons (Fsp3) is 0.105. The summed E-state index contributed by atoms with van der Waals surface area (Å²) in [5, 5.41) is 0.840. The topological polar surface area (TPSA) is 72.1 Å². The Bertz CT molecular complexity index is 1110. The van der Waals surface area contributed by atoms with Crippen molar-refractivity contribution < 1.29 is 14.3 Å². The summed E-state index contributed by atoms with van der Waals surface area (Å²) in [7, 11) is 0. The van der Waals surface area contributed by atoms with Gasteiger partial charge in [0.2, 0.25) is 5.78 Å². The first kappa shape index (κ1) is 15.5. The average molecular weight is 350 g/mol. The first-order valence-electron chi connectivity index (χ1n) is 7.74. The number of ether oxygens (including phenoxy) is 1. The van der Waals surface area contributed by atoms with Crippen LogP contribution in [0.1, 0.15) is 26.4 Å². The van der Waals surface area contributed by atoms with Gasteiger partial charge in [-0.15, -0.1) is 11.3 Å². The molecule has 25 heavy (non-hydrogen) atoms. The first-order chi connectivity index (χ1) is 12.1. The van der Waals surface area contributed by atoms with Crippen molar-refractivity contribution >= 4 is 44.2 Å². The molecule has 0 aliphatic heterocycles. The van der Waals surface area contributed by atoms with Crippen molar-refractivity contribution in [1.29, 1.82) is 0 Å². The molecule has 0 amide bonds. The summed E-state index contributed by atoms with van der Waals surface area (Å²) in [5.74, 6) is -0.733. The lowest BCUT2D eigenvalue weighted by atomic mass is 10.1. The van der Waals surface area contributed by atoms with Crippen LogP contribution < -0.4 is 0 Å². The van der Waals surface area contributed by atoms with Gasteiger partial charge in [-0.25, -0.2) is 9.78 Å². The van der Waals surface area contributed by atoms with Gasteiger partial charge in [0.15, 0.2) is 6.61 Å². The van der Waals surface area contributed by atoms with Gasteiger partial charge in [-0.2, -0.15) is 0 Å². The highest BCUT2D eigenvalue weighted by Crippen LogP contribution is 2.23. The minimum absolute atomic E-state index is 0.220. The molecule has 0 aliphatic rings. The van der Waals surface area contributed by atoms with Crippen LogP contribution in [0.15, 0.2) is 48.0 Å². The van der Waals surface area contributed by atoms with E-state index in [0.717, 1.165) is 26.8 Å². The van der Waals surface area contributed by atoms with E-state index in [-0.39, 0.29) is 12.4 Å². The number of fused-ring (bicyclic) bond motifs is 2. The summed E-state index contributed by atoms with van der Waals surface area (Å²) in [6, 6.07) is 12.7. The third-order valence-electron chi connectivity index (χ3n) is 4.07. The minimum atomic E-state index is -0.513. The number of rotatable bonds is 4. The fourth-order valence-corrected chi connectivity index (χ4v) is 3.62. The molecule has 0 atom stereocenters. The molecule has 0 bridgehead atoms. The number of aromatic amines is 1. The number of para-hydroxylation sites is 1. The number of nitrogens with zero attached hydrogens (tertiary/aromatic N) is 1. The summed E-state index contributed by atoms with van der Waals surface area (Å²) in [5.41, 5.74) is 5.22. The maximum atomic E-state index is 12.5. The Labute approximate surface area is 147 Å². The number of thiazole rings is 1. The van der Waals surface area contributed by atoms with Gasteiger partial charge in [0.1, 0.15) is 0 Å². The lowest BCUT2D eigenvalue weighted by Crippen LogP contribution is -2.14. The zero-order chi connectivity index (χ0) is 17.4. The number of carbonyl (C=O) groups excluding carboxylic acids is 2. The number of benzene rings is 2. The molecule has 0 fully saturated rings. The van der Waals surface area contributed by atoms with Crippen molar-refractivity contribution in [3.05, 3.63) is 64.8 Å². The van der Waals surface area contributed by atoms with Gasteiger partial charge in [-0.1, -0.05) is 18.2 Å². The van der Waals surface area contributed by atoms with Crippen LogP contribution in [0, 0.1) is 6.92 Å². The number of aromatic nitrogens is 2. The normalized spacial score (nSPS) is 11.1. The standard InChI is InChI=1S/C19H14N2O3S/c1-11-18(13-4-2-3-5-14(13)21-11)16(22)9-24-19(23)12-6-7-15-17(8-12)25-10-20-15/h2-8,10,21H,9H2,1H3. The minimum Gasteiger partial charge on any atom is -0.454 e. The summed E-state index contributed by atoms with van der Waals surface area (Å²) >= 11 is 1.45. The lowest BCUT2D eigenvalue weighted by molar-refractivity contribution is 0.0475. The molecule has 0 aliphatic carbocycles. The molecular formula is C19H14N2O3S. The number of ketones is 1. The van der Waals surface area contributed by atoms with Crippen LogP contribution >= 0.6 is 11.3 Å². The van der Waals surface area contributed by atoms with Crippen LogP contribution in [0.25, 0.3) is 21.1 Å². The smallest absolute Gasteiger partial charge is 0.338 e. The van der Waals surface area contributed by atoms with Crippen LogP contribution in [0.3, 0.4) is 0 Å². The second kappa shape index (κ2) is 6.14. The molecule has 6 heteroatoms. The number of aryl methyl sites for hydroxylation is 1. The van der Waals surface area contributed by atoms with Crippen molar-refractivity contribution in [3.63, 3.8) is 0 Å². The van der Waals surface area contributed by atoms with E-state index in [2.05, 4.69) is 9.97 Å². The molecule has 1 N–H and O–H groups in total. The van der Waals surface area contributed by atoms with Crippen molar-refractivity contribution in [2.24, 2.45) is 0 Å². The fourth-order valence-electron chi connectivity index (χ4n) is 2.90. The van der Waals surface area contributed by atoms with Crippen LogP contribution in [0.4, 0.5) is 0 Å². The van der Waals surface area contributed by atoms with E-state index in [0.29, 0.717) is 11.1 Å². The van der Waals surface area contributed by atoms with Crippen LogP contribution in [-0.2, 0) is 4.74 Å². The Morgan fingerprint density at radius 2 is 2.04 bits per heavy atom. The monoisotopic (exact) mass is 350 g/mol. The van der Waals surface area contributed by atoms with Crippen molar-refractivity contribution in [1.82, 2.24) is 9.97 Å². The van der Waals surface area contributed by atoms with Gasteiger partial charge in [0.25, 0.3) is 0 Å². The predicted octanol–water partition coefficient (Wildman–Crippen LogP) is 4.13. The van der Waals surface area contributed by atoms with Gasteiger partial charge in [-0.05, 0) is 31.2 Å². The van der Waals surface area contributed by atoms with Gasteiger partial charge in [0.05, 0.1) is 21.3 Å². The third-order valence-corrected chi connectivity index (χ3v) is 4.87. The van der Waals surface area contributed by atoms with Gasteiger partial charge in [0, 0.05) is 22.2 Å². The number of H-pyrrole nitrogens is 1. The number of hydrogen-bond acceptors (Lipinski definition) is 5. The zero-order valence-corrected chi connectivity index (χ0v) is 14.2. The molecule has 2 aromatic carbocycles. The van der Waals surface area contributed by atoms with E-state index in [4.69, 9.17) is 4.74 Å². The Hall–Kier alpha value is -2.99. The van der Waals surface area contributed by atoms with Gasteiger partial charge >= 0.3 is 5.97 Å². The van der Waals surface area contributed by atoms with Gasteiger partial charge < -0.3 is 9.72 Å². The van der Waals surface area contributed by atoms with E-state index in [1.165, 1.54) is 11.3 Å². The lowest BCUT2D eigenvalue weighted by Gasteiger charge is -2.05. The largest absolute Gasteiger partial charge is 0.454 e. The maximum Gasteiger partial charge on any atom is 0.338 e. The summed E-state index contributed by atoms with van der Waals surface area (Å²) < 4.78 is 6.14. The van der Waals surface area contributed by atoms with Crippen molar-refractivity contribution in [3.8, 4) is 0 Å². The number of Topliss-reactive ketones (excluding diaryl/α,β-unsaturated/α-hetero) is 1. The van der Waals surface area contributed by atoms with Crippen LogP contribution in [0.5, 0.6) is 0 Å². The SMILES string of the molecule is Cc1[nH]c2ccccc2c1C(=O)COC(=O)c1ccc2ncsc2c1. The quantitative estimate of drug-likeness (QED) is 0.444. The van der Waals surface area contributed by atoms with Gasteiger partial charge in [-0.3, -0.25) is 4.79 Å². The molecule has 0 unspecified atom stereocenters. The number of nitrogens with one attached hydrogen (secondary N) is 1. The molecule has 0 saturated carbocycles. The highest BCUT2D eigenvalue weighted by atomic mass is 32.1. The average Bonchev–Trinajstić information content (AvgIpc) is 3.21. The highest BCUT2D eigenvalue weighted by molar-refractivity contribution is 7.16. The summed E-state index contributed by atoms with van der Waals surface area (Å²) in [6.07, 6.45) is 0. The second-order valence-electron chi connectivity index (χ2n) is 5.70. The Morgan fingerprint density at radius 1 is 1.20 bits per heavy atom. The first-order valence-corrected chi connectivity index (χ1v) is 8.62. The number of hydrogen-bond donors (Lipinski definition) is 1. The Morgan fingerprint density at radius 3 is 2.92 bits per heavy atom. The summed E-state index contributed by atoms with van der Waals surface area (Å²) in [6.45, 7) is 1.55. The number of carbonyl (C=O) groups is 2. The molecule has 2 heterocycles. The zero-order valence-electron chi connectivity index (χ0n) is 13.4. The number of esters is 1. The Kier molecular flexibility index (Phi) is 3.82. The van der Waals surface area contributed by atoms with E-state index in [1.807, 2.05) is 31.2 Å². The van der Waals surface area contributed by atoms with Crippen LogP contribution in [0.2, 0.25) is 0 Å². The summed E-state index contributed by atoms with van der Waals surface area (Å²) in [4.78, 5) is 32.1. The molecular weight excluding hydrogens is 336 g/mol. The molecule has 0 saturated heterocycles. The molecule has 5 nitrogen and oxygen atoms in total. The van der Waals surface area contributed by atoms with Crippen molar-refractivity contribution in [2.75, 3.05) is 6.61 Å². The predicted molar refractivity (Wildman–Crippen MR) is 97.3 cm³/mol. The van der Waals surface area contributed by atoms with E-state index in [1.54, 1.807) is 23.7 Å². The van der Waals surface area contributed by atoms with Crippen LogP contribution in [-0.4, -0.2) is 28.3 Å². The molecule has 0 radical (unpaired) electrons. The highest BCUT2D eigenvalue weighted by Gasteiger charge is 2.18. The molecule has 2 aromatic heterocycles. The van der Waals surface area contributed by atoms with E-state index < -0.39 is 5.97 Å². The maximum absolute atomic E-state index is 12.5. The second-order valence-corrected chi connectivity index (χ2v) is 6.59. The van der Waals surface area contributed by atoms with E-state index in [9.17, 15) is 9.59 Å². The molecule has 4 aromatic rings.